The van der Waals surface area contributed by atoms with Gasteiger partial charge >= 0.3 is 11.9 Å². The van der Waals surface area contributed by atoms with E-state index < -0.39 is 11.0 Å². The van der Waals surface area contributed by atoms with Gasteiger partial charge in [-0.1, -0.05) is 161 Å². The van der Waals surface area contributed by atoms with Crippen LogP contribution in [0.15, 0.2) is 0 Å². The molecule has 1 unspecified atom stereocenters. The molecule has 3 heterocycles. The molecule has 292 valence electrons. The SMILES string of the molecule is CCCCCCCCCCCCCC12CC3(C1)CC2(C12CC4(COC(=O)CCCCCCCCCCCCCCCCCC1(O)C(=O)OC4)C2)C3. The average molecular weight is 711 g/mol. The highest BCUT2D eigenvalue weighted by Crippen LogP contribution is 2.96. The molecule has 6 bridgehead atoms. The Bertz CT molecular complexity index is 1110. The molecule has 1 spiro atoms. The minimum absolute atomic E-state index is 0.0368. The van der Waals surface area contributed by atoms with Crippen LogP contribution in [0.3, 0.4) is 0 Å². The molecule has 0 amide bonds. The highest BCUT2D eigenvalue weighted by atomic mass is 16.6. The Kier molecular flexibility index (Phi) is 13.6. The van der Waals surface area contributed by atoms with E-state index in [1.165, 1.54) is 173 Å². The molecular formula is C46H78O5. The third kappa shape index (κ3) is 8.15. The highest BCUT2D eigenvalue weighted by molar-refractivity contribution is 5.82. The number of carbonyl (C=O) groups excluding carboxylic acids is 2. The summed E-state index contributed by atoms with van der Waals surface area (Å²) in [6, 6.07) is 0. The molecule has 7 saturated carbocycles. The molecule has 0 radical (unpaired) electrons. The lowest BCUT2D eigenvalue weighted by molar-refractivity contribution is -0.266. The van der Waals surface area contributed by atoms with Crippen molar-refractivity contribution in [2.75, 3.05) is 13.2 Å². The maximum absolute atomic E-state index is 14.2. The molecule has 0 aromatic heterocycles. The maximum atomic E-state index is 14.2. The van der Waals surface area contributed by atoms with Crippen LogP contribution in [-0.2, 0) is 19.1 Å². The largest absolute Gasteiger partial charge is 0.465 e. The standard InChI is InChI=1S/C46H78O5/c1-2-3-4-5-6-7-14-17-20-23-26-29-43-31-41(32-43)33-44(43,34-41)45-35-42(36-45)37-50-39(47)28-25-22-19-16-13-11-9-8-10-12-15-18-21-24-27-30-46(45,49)40(48)51-38-42/h49H,2-38H2,1H3. The van der Waals surface area contributed by atoms with Gasteiger partial charge in [-0.05, 0) is 80.5 Å². The van der Waals surface area contributed by atoms with Gasteiger partial charge < -0.3 is 14.6 Å². The predicted molar refractivity (Wildman–Crippen MR) is 206 cm³/mol. The Morgan fingerprint density at radius 3 is 1.51 bits per heavy atom. The van der Waals surface area contributed by atoms with Crippen molar-refractivity contribution < 1.29 is 24.2 Å². The number of fused-ring (bicyclic) bond motifs is 2. The topological polar surface area (TPSA) is 72.8 Å². The first kappa shape index (κ1) is 39.6. The molecule has 10 fully saturated rings. The van der Waals surface area contributed by atoms with E-state index in [-0.39, 0.29) is 34.8 Å². The van der Waals surface area contributed by atoms with Gasteiger partial charge in [-0.25, -0.2) is 4.79 Å². The monoisotopic (exact) mass is 711 g/mol. The fraction of sp³-hybridized carbons (Fsp3) is 0.957. The molecule has 3 saturated heterocycles. The van der Waals surface area contributed by atoms with Crippen molar-refractivity contribution in [3.63, 3.8) is 0 Å². The average Bonchev–Trinajstić information content (AvgIpc) is 3.68. The van der Waals surface area contributed by atoms with Crippen molar-refractivity contribution in [2.45, 2.75) is 237 Å². The lowest BCUT2D eigenvalue weighted by atomic mass is 9.34. The lowest BCUT2D eigenvalue weighted by Crippen LogP contribution is -2.71. The third-order valence-corrected chi connectivity index (χ3v) is 15.9. The van der Waals surface area contributed by atoms with E-state index in [0.717, 1.165) is 38.5 Å². The van der Waals surface area contributed by atoms with Gasteiger partial charge in [-0.2, -0.15) is 0 Å². The number of unbranched alkanes of at least 4 members (excludes halogenated alkanes) is 10. The number of aliphatic hydroxyl groups is 1. The Labute approximate surface area is 312 Å². The smallest absolute Gasteiger partial charge is 0.338 e. The molecule has 5 heteroatoms. The van der Waals surface area contributed by atoms with Crippen molar-refractivity contribution in [2.24, 2.45) is 27.1 Å². The molecule has 10 rings (SSSR count). The van der Waals surface area contributed by atoms with Crippen LogP contribution in [0.4, 0.5) is 0 Å². The second-order valence-corrected chi connectivity index (χ2v) is 19.7. The van der Waals surface area contributed by atoms with Gasteiger partial charge in [0.2, 0.25) is 0 Å². The highest BCUT2D eigenvalue weighted by Gasteiger charge is 2.91. The quantitative estimate of drug-likeness (QED) is 0.152. The number of esters is 2. The zero-order chi connectivity index (χ0) is 35.7. The molecular weight excluding hydrogens is 633 g/mol. The summed E-state index contributed by atoms with van der Waals surface area (Å²) in [6.07, 6.45) is 42.2. The summed E-state index contributed by atoms with van der Waals surface area (Å²) in [6.45, 7) is 2.92. The zero-order valence-electron chi connectivity index (χ0n) is 33.2. The van der Waals surface area contributed by atoms with Crippen LogP contribution in [0.2, 0.25) is 0 Å². The van der Waals surface area contributed by atoms with Crippen LogP contribution in [-0.4, -0.2) is 35.9 Å². The molecule has 0 aromatic rings. The Hall–Kier alpha value is -1.10. The minimum Gasteiger partial charge on any atom is -0.465 e. The van der Waals surface area contributed by atoms with Gasteiger partial charge in [0.05, 0.1) is 0 Å². The van der Waals surface area contributed by atoms with Gasteiger partial charge in [0.15, 0.2) is 5.60 Å². The van der Waals surface area contributed by atoms with Gasteiger partial charge in [0.1, 0.15) is 13.2 Å². The third-order valence-electron chi connectivity index (χ3n) is 15.9. The van der Waals surface area contributed by atoms with Crippen molar-refractivity contribution in [1.82, 2.24) is 0 Å². The minimum atomic E-state index is -1.42. The van der Waals surface area contributed by atoms with Crippen LogP contribution in [0.25, 0.3) is 0 Å². The molecule has 0 aromatic carbocycles. The summed E-state index contributed by atoms with van der Waals surface area (Å²) >= 11 is 0. The Morgan fingerprint density at radius 2 is 0.961 bits per heavy atom. The summed E-state index contributed by atoms with van der Waals surface area (Å²) < 4.78 is 12.1. The maximum Gasteiger partial charge on any atom is 0.338 e. The lowest BCUT2D eigenvalue weighted by Gasteiger charge is -2.69. The van der Waals surface area contributed by atoms with Crippen molar-refractivity contribution in [3.8, 4) is 0 Å². The second kappa shape index (κ2) is 17.6. The van der Waals surface area contributed by atoms with Crippen molar-refractivity contribution in [1.29, 1.82) is 0 Å². The molecule has 5 nitrogen and oxygen atoms in total. The summed E-state index contributed by atoms with van der Waals surface area (Å²) in [4.78, 5) is 27.1. The van der Waals surface area contributed by atoms with Crippen LogP contribution in [0.5, 0.6) is 0 Å². The van der Waals surface area contributed by atoms with Crippen LogP contribution in [0, 0.1) is 27.1 Å². The predicted octanol–water partition coefficient (Wildman–Crippen LogP) is 12.5. The Balaban J connectivity index is 1.10. The van der Waals surface area contributed by atoms with Crippen LogP contribution >= 0.6 is 0 Å². The summed E-state index contributed by atoms with van der Waals surface area (Å²) in [5.41, 5.74) is -1.43. The van der Waals surface area contributed by atoms with E-state index in [1.807, 2.05) is 0 Å². The van der Waals surface area contributed by atoms with E-state index in [4.69, 9.17) is 9.47 Å². The zero-order valence-corrected chi connectivity index (χ0v) is 33.2. The van der Waals surface area contributed by atoms with E-state index in [2.05, 4.69) is 6.92 Å². The van der Waals surface area contributed by atoms with Gasteiger partial charge in [-0.15, -0.1) is 0 Å². The van der Waals surface area contributed by atoms with Crippen molar-refractivity contribution in [3.05, 3.63) is 0 Å². The van der Waals surface area contributed by atoms with Crippen molar-refractivity contribution >= 4 is 11.9 Å². The molecule has 10 aliphatic rings. The molecule has 51 heavy (non-hydrogen) atoms. The summed E-state index contributed by atoms with van der Waals surface area (Å²) in [5, 5.41) is 12.9. The molecule has 1 N–H and O–H groups in total. The van der Waals surface area contributed by atoms with E-state index in [0.29, 0.717) is 24.9 Å². The van der Waals surface area contributed by atoms with Gasteiger partial charge in [0.25, 0.3) is 0 Å². The number of hydrogen-bond acceptors (Lipinski definition) is 5. The molecule has 7 aliphatic carbocycles. The first-order chi connectivity index (χ1) is 24.8. The fourth-order valence-electron chi connectivity index (χ4n) is 13.6. The molecule has 1 atom stereocenters. The number of hydrogen-bond donors (Lipinski definition) is 1. The van der Waals surface area contributed by atoms with Crippen LogP contribution in [0.1, 0.15) is 232 Å². The first-order valence-electron chi connectivity index (χ1n) is 22.8. The second-order valence-electron chi connectivity index (χ2n) is 19.7. The number of cyclic esters (lactones) is 1. The number of rotatable bonds is 13. The van der Waals surface area contributed by atoms with E-state index >= 15 is 0 Å². The fourth-order valence-corrected chi connectivity index (χ4v) is 13.6. The van der Waals surface area contributed by atoms with E-state index in [1.54, 1.807) is 0 Å². The van der Waals surface area contributed by atoms with Gasteiger partial charge in [0, 0.05) is 17.3 Å². The van der Waals surface area contributed by atoms with Gasteiger partial charge in [-0.3, -0.25) is 4.79 Å². The normalized spacial score (nSPS) is 39.4. The molecule has 3 aliphatic heterocycles. The summed E-state index contributed by atoms with van der Waals surface area (Å²) in [5.74, 6) is -0.456. The first-order valence-corrected chi connectivity index (χ1v) is 22.8. The van der Waals surface area contributed by atoms with E-state index in [9.17, 15) is 14.7 Å². The summed E-state index contributed by atoms with van der Waals surface area (Å²) in [7, 11) is 0. The number of ether oxygens (including phenoxy) is 2. The number of carbonyl (C=O) groups is 2. The Morgan fingerprint density at radius 1 is 0.510 bits per heavy atom. The van der Waals surface area contributed by atoms with Crippen LogP contribution < -0.4 is 0 Å².